The summed E-state index contributed by atoms with van der Waals surface area (Å²) in [7, 11) is 4.00. The van der Waals surface area contributed by atoms with E-state index in [1.807, 2.05) is 58.0 Å². The van der Waals surface area contributed by atoms with Crippen LogP contribution in [-0.4, -0.2) is 36.9 Å². The van der Waals surface area contributed by atoms with Crippen LogP contribution >= 0.6 is 0 Å². The lowest BCUT2D eigenvalue weighted by molar-refractivity contribution is -0.143. The molecule has 1 atom stereocenters. The third kappa shape index (κ3) is 7.66. The van der Waals surface area contributed by atoms with Crippen molar-refractivity contribution >= 4 is 23.2 Å². The zero-order valence-corrected chi connectivity index (χ0v) is 21.0. The van der Waals surface area contributed by atoms with Crippen molar-refractivity contribution in [1.29, 1.82) is 0 Å². The largest absolute Gasteiger partial charge is 0.377 e. The van der Waals surface area contributed by atoms with Gasteiger partial charge >= 0.3 is 0 Å². The Bertz CT molecular complexity index is 740. The number of nitrogens with one attached hydrogen (secondary N) is 1. The fourth-order valence-corrected chi connectivity index (χ4v) is 3.29. The highest BCUT2D eigenvalue weighted by molar-refractivity contribution is 5.91. The SMILES string of the molecule is CC(C)[C@H](C)N(Cc1cc(NC(=O)CC(C)(C)C)ccc1N(C)C)C(=O)C(C)(C)C. The molecule has 1 N–H and O–H groups in total. The summed E-state index contributed by atoms with van der Waals surface area (Å²) in [5, 5.41) is 3.03. The van der Waals surface area contributed by atoms with E-state index in [1.165, 1.54) is 0 Å². The summed E-state index contributed by atoms with van der Waals surface area (Å²) >= 11 is 0. The van der Waals surface area contributed by atoms with E-state index < -0.39 is 5.41 Å². The first-order chi connectivity index (χ1) is 13.5. The van der Waals surface area contributed by atoms with E-state index >= 15 is 0 Å². The third-order valence-electron chi connectivity index (χ3n) is 5.24. The monoisotopic (exact) mass is 417 g/mol. The highest BCUT2D eigenvalue weighted by atomic mass is 16.2. The topological polar surface area (TPSA) is 52.7 Å². The van der Waals surface area contributed by atoms with Crippen LogP contribution in [0, 0.1) is 16.7 Å². The average molecular weight is 418 g/mol. The van der Waals surface area contributed by atoms with Gasteiger partial charge < -0.3 is 15.1 Å². The first-order valence-electron chi connectivity index (χ1n) is 10.9. The number of hydrogen-bond acceptors (Lipinski definition) is 3. The molecule has 1 aromatic rings. The molecule has 30 heavy (non-hydrogen) atoms. The number of anilines is 2. The van der Waals surface area contributed by atoms with Gasteiger partial charge in [-0.25, -0.2) is 0 Å². The summed E-state index contributed by atoms with van der Waals surface area (Å²) in [4.78, 5) is 29.7. The summed E-state index contributed by atoms with van der Waals surface area (Å²) in [5.74, 6) is 0.480. The molecule has 0 saturated carbocycles. The van der Waals surface area contributed by atoms with Crippen LogP contribution in [0.3, 0.4) is 0 Å². The molecule has 0 bridgehead atoms. The van der Waals surface area contributed by atoms with Gasteiger partial charge in [0.1, 0.15) is 0 Å². The summed E-state index contributed by atoms with van der Waals surface area (Å²) in [6.45, 7) is 18.9. The molecule has 170 valence electrons. The number of amides is 2. The van der Waals surface area contributed by atoms with E-state index in [0.29, 0.717) is 18.9 Å². The Hall–Kier alpha value is -2.04. The smallest absolute Gasteiger partial charge is 0.228 e. The van der Waals surface area contributed by atoms with Gasteiger partial charge in [-0.3, -0.25) is 9.59 Å². The normalized spacial score (nSPS) is 13.2. The van der Waals surface area contributed by atoms with Crippen LogP contribution in [0.4, 0.5) is 11.4 Å². The zero-order chi connectivity index (χ0) is 23.4. The number of rotatable bonds is 7. The Balaban J connectivity index is 3.30. The molecule has 0 aliphatic heterocycles. The molecule has 0 radical (unpaired) electrons. The summed E-state index contributed by atoms with van der Waals surface area (Å²) in [6, 6.07) is 6.06. The van der Waals surface area contributed by atoms with Crippen molar-refractivity contribution in [2.45, 2.75) is 81.3 Å². The maximum atomic E-state index is 13.3. The van der Waals surface area contributed by atoms with Crippen LogP contribution in [0.5, 0.6) is 0 Å². The molecule has 0 unspecified atom stereocenters. The van der Waals surface area contributed by atoms with Crippen LogP contribution in [0.15, 0.2) is 18.2 Å². The Labute approximate surface area is 184 Å². The summed E-state index contributed by atoms with van der Waals surface area (Å²) in [5.41, 5.74) is 2.31. The van der Waals surface area contributed by atoms with E-state index in [0.717, 1.165) is 16.9 Å². The maximum Gasteiger partial charge on any atom is 0.228 e. The molecule has 0 aliphatic rings. The van der Waals surface area contributed by atoms with Crippen LogP contribution in [0.1, 0.15) is 74.3 Å². The number of carbonyl (C=O) groups is 2. The minimum absolute atomic E-state index is 0.00391. The van der Waals surface area contributed by atoms with Gasteiger partial charge in [-0.2, -0.15) is 0 Å². The van der Waals surface area contributed by atoms with Gasteiger partial charge in [-0.1, -0.05) is 55.4 Å². The van der Waals surface area contributed by atoms with Crippen LogP contribution in [-0.2, 0) is 16.1 Å². The fraction of sp³-hybridized carbons (Fsp3) is 0.680. The molecule has 5 nitrogen and oxygen atoms in total. The second kappa shape index (κ2) is 9.84. The number of nitrogens with zero attached hydrogens (tertiary/aromatic N) is 2. The van der Waals surface area contributed by atoms with E-state index in [4.69, 9.17) is 0 Å². The number of hydrogen-bond donors (Lipinski definition) is 1. The van der Waals surface area contributed by atoms with Gasteiger partial charge in [0.05, 0.1) is 0 Å². The van der Waals surface area contributed by atoms with Gasteiger partial charge in [-0.15, -0.1) is 0 Å². The Morgan fingerprint density at radius 1 is 1.00 bits per heavy atom. The molecule has 5 heteroatoms. The molecule has 2 amide bonds. The second-order valence-corrected chi connectivity index (χ2v) is 11.2. The van der Waals surface area contributed by atoms with Crippen LogP contribution < -0.4 is 10.2 Å². The van der Waals surface area contributed by atoms with E-state index in [9.17, 15) is 9.59 Å². The number of carbonyl (C=O) groups excluding carboxylic acids is 2. The first-order valence-corrected chi connectivity index (χ1v) is 10.9. The molecule has 0 aliphatic carbocycles. The molecule has 0 heterocycles. The molecule has 1 rings (SSSR count). The van der Waals surface area contributed by atoms with E-state index in [-0.39, 0.29) is 23.3 Å². The molecular weight excluding hydrogens is 374 g/mol. The minimum atomic E-state index is -0.458. The van der Waals surface area contributed by atoms with E-state index in [2.05, 4.69) is 51.8 Å². The van der Waals surface area contributed by atoms with Gasteiger partial charge in [0, 0.05) is 49.9 Å². The lowest BCUT2D eigenvalue weighted by Gasteiger charge is -2.37. The first kappa shape index (κ1) is 26.0. The standard InChI is InChI=1S/C25H43N3O2/c1-17(2)18(3)28(23(30)25(7,8)9)16-19-14-20(12-13-21(19)27(10)11)26-22(29)15-24(4,5)6/h12-14,17-18H,15-16H2,1-11H3,(H,26,29)/t18-/m0/s1. The average Bonchev–Trinajstić information content (AvgIpc) is 2.55. The molecule has 0 spiro atoms. The lowest BCUT2D eigenvalue weighted by Crippen LogP contribution is -2.46. The maximum absolute atomic E-state index is 13.3. The van der Waals surface area contributed by atoms with Gasteiger partial charge in [0.2, 0.25) is 11.8 Å². The number of benzene rings is 1. The fourth-order valence-electron chi connectivity index (χ4n) is 3.29. The van der Waals surface area contributed by atoms with Gasteiger partial charge in [0.25, 0.3) is 0 Å². The van der Waals surface area contributed by atoms with Crippen molar-refractivity contribution in [3.05, 3.63) is 23.8 Å². The summed E-state index contributed by atoms with van der Waals surface area (Å²) < 4.78 is 0. The van der Waals surface area contributed by atoms with Crippen molar-refractivity contribution in [1.82, 2.24) is 4.90 Å². The predicted octanol–water partition coefficient (Wildman–Crippen LogP) is 5.55. The Morgan fingerprint density at radius 3 is 2.00 bits per heavy atom. The molecule has 1 aromatic carbocycles. The van der Waals surface area contributed by atoms with Crippen molar-refractivity contribution in [2.75, 3.05) is 24.3 Å². The highest BCUT2D eigenvalue weighted by Crippen LogP contribution is 2.29. The van der Waals surface area contributed by atoms with Gasteiger partial charge in [0.15, 0.2) is 0 Å². The predicted molar refractivity (Wildman–Crippen MR) is 128 cm³/mol. The third-order valence-corrected chi connectivity index (χ3v) is 5.24. The zero-order valence-electron chi connectivity index (χ0n) is 21.0. The van der Waals surface area contributed by atoms with Crippen LogP contribution in [0.2, 0.25) is 0 Å². The lowest BCUT2D eigenvalue weighted by atomic mass is 9.91. The van der Waals surface area contributed by atoms with Crippen molar-refractivity contribution < 1.29 is 9.59 Å². The van der Waals surface area contributed by atoms with Gasteiger partial charge in [-0.05, 0) is 42.0 Å². The Morgan fingerprint density at radius 2 is 1.57 bits per heavy atom. The Kier molecular flexibility index (Phi) is 8.53. The van der Waals surface area contributed by atoms with Crippen molar-refractivity contribution in [2.24, 2.45) is 16.7 Å². The quantitative estimate of drug-likeness (QED) is 0.633. The summed E-state index contributed by atoms with van der Waals surface area (Å²) in [6.07, 6.45) is 0.455. The molecule has 0 aromatic heterocycles. The molecule has 0 saturated heterocycles. The molecular formula is C25H43N3O2. The van der Waals surface area contributed by atoms with Crippen molar-refractivity contribution in [3.8, 4) is 0 Å². The van der Waals surface area contributed by atoms with Crippen LogP contribution in [0.25, 0.3) is 0 Å². The van der Waals surface area contributed by atoms with E-state index in [1.54, 1.807) is 0 Å². The second-order valence-electron chi connectivity index (χ2n) is 11.2. The minimum Gasteiger partial charge on any atom is -0.377 e. The highest BCUT2D eigenvalue weighted by Gasteiger charge is 2.32. The van der Waals surface area contributed by atoms with Crippen molar-refractivity contribution in [3.63, 3.8) is 0 Å². The molecule has 0 fully saturated rings.